The van der Waals surface area contributed by atoms with Crippen LogP contribution in [0.3, 0.4) is 0 Å². The van der Waals surface area contributed by atoms with E-state index >= 15 is 0 Å². The smallest absolute Gasteiger partial charge is 0.313 e. The SMILES string of the molecule is CC[C@@H](C)NC(=O)C(=O)Nc1cccnc1. The molecule has 0 spiro atoms. The van der Waals surface area contributed by atoms with Crippen LogP contribution in [0.15, 0.2) is 24.5 Å². The Labute approximate surface area is 94.3 Å². The number of hydrogen-bond donors (Lipinski definition) is 2. The van der Waals surface area contributed by atoms with E-state index < -0.39 is 11.8 Å². The zero-order chi connectivity index (χ0) is 12.0. The van der Waals surface area contributed by atoms with Crippen LogP contribution >= 0.6 is 0 Å². The molecule has 0 radical (unpaired) electrons. The Bertz CT molecular complexity index is 365. The Morgan fingerprint density at radius 1 is 1.44 bits per heavy atom. The van der Waals surface area contributed by atoms with E-state index in [1.165, 1.54) is 6.20 Å². The van der Waals surface area contributed by atoms with Crippen molar-refractivity contribution in [2.24, 2.45) is 0 Å². The highest BCUT2D eigenvalue weighted by atomic mass is 16.2. The predicted octanol–water partition coefficient (Wildman–Crippen LogP) is 0.935. The minimum atomic E-state index is -0.673. The molecule has 2 amide bonds. The van der Waals surface area contributed by atoms with Gasteiger partial charge in [0.1, 0.15) is 0 Å². The highest BCUT2D eigenvalue weighted by Gasteiger charge is 2.15. The lowest BCUT2D eigenvalue weighted by Gasteiger charge is -2.10. The molecule has 1 aromatic heterocycles. The normalized spacial score (nSPS) is 11.6. The molecule has 0 saturated heterocycles. The first-order chi connectivity index (χ1) is 7.63. The van der Waals surface area contributed by atoms with E-state index in [0.717, 1.165) is 6.42 Å². The first-order valence-corrected chi connectivity index (χ1v) is 5.15. The Morgan fingerprint density at radius 2 is 2.19 bits per heavy atom. The second-order valence-electron chi connectivity index (χ2n) is 3.48. The van der Waals surface area contributed by atoms with Crippen molar-refractivity contribution in [2.45, 2.75) is 26.3 Å². The number of pyridine rings is 1. The average molecular weight is 221 g/mol. The number of nitrogens with one attached hydrogen (secondary N) is 2. The van der Waals surface area contributed by atoms with E-state index in [1.807, 2.05) is 13.8 Å². The van der Waals surface area contributed by atoms with E-state index in [-0.39, 0.29) is 6.04 Å². The van der Waals surface area contributed by atoms with Crippen molar-refractivity contribution in [3.05, 3.63) is 24.5 Å². The molecule has 0 unspecified atom stereocenters. The van der Waals surface area contributed by atoms with Gasteiger partial charge in [0, 0.05) is 12.2 Å². The van der Waals surface area contributed by atoms with Crippen molar-refractivity contribution in [1.29, 1.82) is 0 Å². The Hall–Kier alpha value is -1.91. The van der Waals surface area contributed by atoms with Crippen LogP contribution in [0.25, 0.3) is 0 Å². The number of hydrogen-bond acceptors (Lipinski definition) is 3. The molecule has 1 atom stereocenters. The maximum absolute atomic E-state index is 11.4. The van der Waals surface area contributed by atoms with Gasteiger partial charge in [-0.05, 0) is 25.5 Å². The average Bonchev–Trinajstić information content (AvgIpc) is 2.30. The second kappa shape index (κ2) is 5.85. The summed E-state index contributed by atoms with van der Waals surface area (Å²) in [5.41, 5.74) is 0.506. The molecule has 5 nitrogen and oxygen atoms in total. The fourth-order valence-corrected chi connectivity index (χ4v) is 1.02. The number of anilines is 1. The van der Waals surface area contributed by atoms with Gasteiger partial charge >= 0.3 is 11.8 Å². The van der Waals surface area contributed by atoms with Gasteiger partial charge in [-0.15, -0.1) is 0 Å². The van der Waals surface area contributed by atoms with Crippen molar-refractivity contribution < 1.29 is 9.59 Å². The van der Waals surface area contributed by atoms with Crippen molar-refractivity contribution in [2.75, 3.05) is 5.32 Å². The molecule has 1 heterocycles. The van der Waals surface area contributed by atoms with Gasteiger partial charge in [0.2, 0.25) is 0 Å². The van der Waals surface area contributed by atoms with Gasteiger partial charge in [0.15, 0.2) is 0 Å². The van der Waals surface area contributed by atoms with Crippen LogP contribution in [0.2, 0.25) is 0 Å². The third kappa shape index (κ3) is 3.68. The van der Waals surface area contributed by atoms with Gasteiger partial charge in [-0.3, -0.25) is 14.6 Å². The third-order valence-electron chi connectivity index (χ3n) is 2.12. The molecule has 0 aromatic carbocycles. The zero-order valence-corrected chi connectivity index (χ0v) is 9.36. The lowest BCUT2D eigenvalue weighted by atomic mass is 10.2. The molecule has 16 heavy (non-hydrogen) atoms. The molecule has 2 N–H and O–H groups in total. The van der Waals surface area contributed by atoms with Crippen molar-refractivity contribution >= 4 is 17.5 Å². The van der Waals surface area contributed by atoms with Gasteiger partial charge in [-0.2, -0.15) is 0 Å². The number of carbonyl (C=O) groups is 2. The summed E-state index contributed by atoms with van der Waals surface area (Å²) in [4.78, 5) is 26.6. The number of carbonyl (C=O) groups excluding carboxylic acids is 2. The van der Waals surface area contributed by atoms with Crippen LogP contribution < -0.4 is 10.6 Å². The number of amides is 2. The van der Waals surface area contributed by atoms with Crippen molar-refractivity contribution in [1.82, 2.24) is 10.3 Å². The molecule has 0 saturated carbocycles. The maximum atomic E-state index is 11.4. The van der Waals surface area contributed by atoms with Gasteiger partial charge in [0.05, 0.1) is 11.9 Å². The number of rotatable bonds is 3. The van der Waals surface area contributed by atoms with Crippen LogP contribution in [-0.4, -0.2) is 22.8 Å². The van der Waals surface area contributed by atoms with Crippen LogP contribution in [0.4, 0.5) is 5.69 Å². The molecule has 0 aliphatic carbocycles. The highest BCUT2D eigenvalue weighted by Crippen LogP contribution is 2.02. The lowest BCUT2D eigenvalue weighted by molar-refractivity contribution is -0.136. The van der Waals surface area contributed by atoms with E-state index in [9.17, 15) is 9.59 Å². The van der Waals surface area contributed by atoms with E-state index in [2.05, 4.69) is 15.6 Å². The Morgan fingerprint density at radius 3 is 2.75 bits per heavy atom. The Balaban J connectivity index is 2.50. The standard InChI is InChI=1S/C11H15N3O2/c1-3-8(2)13-10(15)11(16)14-9-5-4-6-12-7-9/h4-8H,3H2,1-2H3,(H,13,15)(H,14,16)/t8-/m1/s1. The summed E-state index contributed by atoms with van der Waals surface area (Å²) in [6.07, 6.45) is 3.86. The largest absolute Gasteiger partial charge is 0.345 e. The fourth-order valence-electron chi connectivity index (χ4n) is 1.02. The van der Waals surface area contributed by atoms with Crippen molar-refractivity contribution in [3.63, 3.8) is 0 Å². The molecular formula is C11H15N3O2. The molecule has 0 bridgehead atoms. The predicted molar refractivity (Wildman–Crippen MR) is 60.8 cm³/mol. The maximum Gasteiger partial charge on any atom is 0.313 e. The Kier molecular flexibility index (Phi) is 4.44. The van der Waals surface area contributed by atoms with Crippen LogP contribution in [0.5, 0.6) is 0 Å². The number of aromatic nitrogens is 1. The summed E-state index contributed by atoms with van der Waals surface area (Å²) in [6.45, 7) is 3.78. The summed E-state index contributed by atoms with van der Waals surface area (Å²) in [5.74, 6) is -1.30. The monoisotopic (exact) mass is 221 g/mol. The molecule has 0 aliphatic rings. The van der Waals surface area contributed by atoms with Crippen molar-refractivity contribution in [3.8, 4) is 0 Å². The summed E-state index contributed by atoms with van der Waals surface area (Å²) in [5, 5.41) is 5.04. The first-order valence-electron chi connectivity index (χ1n) is 5.15. The summed E-state index contributed by atoms with van der Waals surface area (Å²) >= 11 is 0. The molecule has 86 valence electrons. The quantitative estimate of drug-likeness (QED) is 0.746. The molecule has 5 heteroatoms. The van der Waals surface area contributed by atoms with E-state index in [4.69, 9.17) is 0 Å². The van der Waals surface area contributed by atoms with E-state index in [0.29, 0.717) is 5.69 Å². The summed E-state index contributed by atoms with van der Waals surface area (Å²) in [6, 6.07) is 3.34. The van der Waals surface area contributed by atoms with Crippen LogP contribution in [0, 0.1) is 0 Å². The molecule has 1 rings (SSSR count). The molecular weight excluding hydrogens is 206 g/mol. The van der Waals surface area contributed by atoms with Gasteiger partial charge in [-0.25, -0.2) is 0 Å². The van der Waals surface area contributed by atoms with Crippen LogP contribution in [0.1, 0.15) is 20.3 Å². The van der Waals surface area contributed by atoms with Gasteiger partial charge in [-0.1, -0.05) is 6.92 Å². The molecule has 0 aliphatic heterocycles. The van der Waals surface area contributed by atoms with Gasteiger partial charge < -0.3 is 10.6 Å². The second-order valence-corrected chi connectivity index (χ2v) is 3.48. The molecule has 1 aromatic rings. The highest BCUT2D eigenvalue weighted by molar-refractivity contribution is 6.39. The molecule has 0 fully saturated rings. The first kappa shape index (κ1) is 12.2. The zero-order valence-electron chi connectivity index (χ0n) is 9.36. The number of nitrogens with zero attached hydrogens (tertiary/aromatic N) is 1. The van der Waals surface area contributed by atoms with Gasteiger partial charge in [0.25, 0.3) is 0 Å². The summed E-state index contributed by atoms with van der Waals surface area (Å²) in [7, 11) is 0. The fraction of sp³-hybridized carbons (Fsp3) is 0.364. The van der Waals surface area contributed by atoms with E-state index in [1.54, 1.807) is 18.3 Å². The van der Waals surface area contributed by atoms with Crippen LogP contribution in [-0.2, 0) is 9.59 Å². The third-order valence-corrected chi connectivity index (χ3v) is 2.12. The lowest BCUT2D eigenvalue weighted by Crippen LogP contribution is -2.40. The minimum absolute atomic E-state index is 0.00727. The minimum Gasteiger partial charge on any atom is -0.345 e. The summed E-state index contributed by atoms with van der Waals surface area (Å²) < 4.78 is 0. The topological polar surface area (TPSA) is 71.1 Å².